The minimum absolute atomic E-state index is 0.0127. The molecule has 0 spiro atoms. The van der Waals surface area contributed by atoms with Crippen LogP contribution in [-0.4, -0.2) is 39.0 Å². The monoisotopic (exact) mass is 506 g/mol. The van der Waals surface area contributed by atoms with Gasteiger partial charge in [-0.15, -0.1) is 0 Å². The molecular formula is C31H38O6. The van der Waals surface area contributed by atoms with Crippen molar-refractivity contribution < 1.29 is 28.5 Å². The fraction of sp³-hybridized carbons (Fsp3) is 0.419. The Bertz CT molecular complexity index is 1170. The lowest BCUT2D eigenvalue weighted by Crippen LogP contribution is -2.08. The summed E-state index contributed by atoms with van der Waals surface area (Å²) in [6.45, 7) is 7.06. The van der Waals surface area contributed by atoms with Gasteiger partial charge >= 0.3 is 0 Å². The first-order valence-corrected chi connectivity index (χ1v) is 12.9. The van der Waals surface area contributed by atoms with Crippen molar-refractivity contribution in [2.75, 3.05) is 27.4 Å². The summed E-state index contributed by atoms with van der Waals surface area (Å²) in [5.74, 6) is 2.76. The number of hydrogen-bond donors (Lipinski definition) is 0. The van der Waals surface area contributed by atoms with Crippen LogP contribution in [0.2, 0.25) is 0 Å². The molecule has 0 radical (unpaired) electrons. The third-order valence-corrected chi connectivity index (χ3v) is 6.42. The molecule has 0 unspecified atom stereocenters. The van der Waals surface area contributed by atoms with E-state index in [0.717, 1.165) is 52.2 Å². The number of hydrogen-bond acceptors (Lipinski definition) is 6. The maximum Gasteiger partial charge on any atom is 0.161 e. The number of ketones is 2. The summed E-state index contributed by atoms with van der Waals surface area (Å²) in [5, 5.41) is 0. The highest BCUT2D eigenvalue weighted by atomic mass is 16.5. The summed E-state index contributed by atoms with van der Waals surface area (Å²) >= 11 is 0. The van der Waals surface area contributed by atoms with Gasteiger partial charge in [-0.05, 0) is 86.6 Å². The maximum atomic E-state index is 12.7. The molecule has 1 aliphatic carbocycles. The van der Waals surface area contributed by atoms with Gasteiger partial charge in [0, 0.05) is 12.8 Å². The number of aryl methyl sites for hydroxylation is 1. The van der Waals surface area contributed by atoms with Crippen molar-refractivity contribution in [1.29, 1.82) is 0 Å². The smallest absolute Gasteiger partial charge is 0.161 e. The number of allylic oxidation sites excluding steroid dienone is 4. The standard InChI is InChI=1S/C31H38O6/c1-6-36-29-13-11-22(16-31(29)37-7-2)9-8-10-26(32)20-27(33)18-24-17-25(15-21(24)3)23-12-14-28(34-4)30(19-23)35-5/h11-14,16-17,19H,6-10,15,18,20H2,1-5H3. The van der Waals surface area contributed by atoms with Crippen molar-refractivity contribution in [2.24, 2.45) is 0 Å². The van der Waals surface area contributed by atoms with Gasteiger partial charge < -0.3 is 18.9 Å². The molecule has 37 heavy (non-hydrogen) atoms. The summed E-state index contributed by atoms with van der Waals surface area (Å²) in [7, 11) is 3.23. The van der Waals surface area contributed by atoms with Gasteiger partial charge in [-0.1, -0.05) is 23.8 Å². The maximum absolute atomic E-state index is 12.7. The second kappa shape index (κ2) is 13.7. The zero-order valence-electron chi connectivity index (χ0n) is 22.6. The van der Waals surface area contributed by atoms with E-state index < -0.39 is 0 Å². The zero-order chi connectivity index (χ0) is 26.8. The van der Waals surface area contributed by atoms with Crippen LogP contribution in [-0.2, 0) is 16.0 Å². The van der Waals surface area contributed by atoms with Crippen molar-refractivity contribution in [3.8, 4) is 23.0 Å². The Labute approximate surface area is 220 Å². The highest BCUT2D eigenvalue weighted by molar-refractivity contribution is 6.00. The molecule has 2 aromatic carbocycles. The average molecular weight is 507 g/mol. The molecule has 0 bridgehead atoms. The van der Waals surface area contributed by atoms with Gasteiger partial charge in [0.2, 0.25) is 0 Å². The zero-order valence-corrected chi connectivity index (χ0v) is 22.6. The Hall–Kier alpha value is -3.54. The first-order valence-electron chi connectivity index (χ1n) is 12.9. The molecule has 0 atom stereocenters. The van der Waals surface area contributed by atoms with Gasteiger partial charge in [0.1, 0.15) is 11.6 Å². The summed E-state index contributed by atoms with van der Waals surface area (Å²) in [4.78, 5) is 25.2. The molecule has 6 heteroatoms. The fourth-order valence-corrected chi connectivity index (χ4v) is 4.53. The third-order valence-electron chi connectivity index (χ3n) is 6.42. The van der Waals surface area contributed by atoms with Crippen LogP contribution in [0.15, 0.2) is 53.6 Å². The summed E-state index contributed by atoms with van der Waals surface area (Å²) in [6.07, 6.45) is 4.92. The van der Waals surface area contributed by atoms with Crippen LogP contribution in [0, 0.1) is 0 Å². The second-order valence-electron chi connectivity index (χ2n) is 9.15. The topological polar surface area (TPSA) is 71.1 Å². The van der Waals surface area contributed by atoms with Gasteiger partial charge in [0.05, 0.1) is 33.9 Å². The average Bonchev–Trinajstić information content (AvgIpc) is 3.24. The first-order chi connectivity index (χ1) is 17.9. The number of carbonyl (C=O) groups excluding carboxylic acids is 2. The van der Waals surface area contributed by atoms with Crippen LogP contribution in [0.5, 0.6) is 23.0 Å². The van der Waals surface area contributed by atoms with E-state index in [2.05, 4.69) is 6.08 Å². The van der Waals surface area contributed by atoms with Crippen molar-refractivity contribution >= 4 is 17.1 Å². The Balaban J connectivity index is 1.50. The van der Waals surface area contributed by atoms with E-state index >= 15 is 0 Å². The highest BCUT2D eigenvalue weighted by Gasteiger charge is 2.19. The predicted molar refractivity (Wildman–Crippen MR) is 146 cm³/mol. The van der Waals surface area contributed by atoms with Gasteiger partial charge in [0.15, 0.2) is 23.0 Å². The molecule has 0 amide bonds. The van der Waals surface area contributed by atoms with E-state index in [1.54, 1.807) is 14.2 Å². The van der Waals surface area contributed by atoms with E-state index in [1.165, 1.54) is 0 Å². The molecule has 0 fully saturated rings. The predicted octanol–water partition coefficient (Wildman–Crippen LogP) is 6.55. The van der Waals surface area contributed by atoms with E-state index in [-0.39, 0.29) is 24.4 Å². The van der Waals surface area contributed by atoms with Crippen molar-refractivity contribution in [1.82, 2.24) is 0 Å². The minimum atomic E-state index is -0.0381. The first kappa shape index (κ1) is 28.0. The molecule has 6 nitrogen and oxygen atoms in total. The summed E-state index contributed by atoms with van der Waals surface area (Å²) in [6, 6.07) is 11.7. The fourth-order valence-electron chi connectivity index (χ4n) is 4.53. The Kier molecular flexibility index (Phi) is 10.4. The van der Waals surface area contributed by atoms with Crippen LogP contribution >= 0.6 is 0 Å². The lowest BCUT2D eigenvalue weighted by molar-refractivity contribution is -0.126. The third kappa shape index (κ3) is 7.72. The highest BCUT2D eigenvalue weighted by Crippen LogP contribution is 2.37. The van der Waals surface area contributed by atoms with Crippen LogP contribution in [0.25, 0.3) is 5.57 Å². The van der Waals surface area contributed by atoms with Gasteiger partial charge in [-0.25, -0.2) is 0 Å². The molecule has 2 aromatic rings. The lowest BCUT2D eigenvalue weighted by atomic mass is 10.00. The van der Waals surface area contributed by atoms with Crippen LogP contribution < -0.4 is 18.9 Å². The normalized spacial score (nSPS) is 12.8. The molecule has 0 N–H and O–H groups in total. The SMILES string of the molecule is CCOc1ccc(CCCC(=O)CC(=O)CC2=C(C)CC(c3ccc(OC)c(OC)c3)=C2)cc1OCC. The molecule has 0 heterocycles. The van der Waals surface area contributed by atoms with E-state index in [1.807, 2.05) is 57.2 Å². The Morgan fingerprint density at radius 1 is 0.838 bits per heavy atom. The number of Topliss-reactive ketones (excluding diaryl/α,β-unsaturated/α-hetero) is 2. The molecule has 1 aliphatic rings. The Morgan fingerprint density at radius 3 is 2.24 bits per heavy atom. The number of rotatable bonds is 15. The summed E-state index contributed by atoms with van der Waals surface area (Å²) in [5.41, 5.74) is 5.42. The quantitative estimate of drug-likeness (QED) is 0.255. The second-order valence-corrected chi connectivity index (χ2v) is 9.15. The number of benzene rings is 2. The van der Waals surface area contributed by atoms with Gasteiger partial charge in [-0.3, -0.25) is 9.59 Å². The number of methoxy groups -OCH3 is 2. The molecule has 0 saturated heterocycles. The largest absolute Gasteiger partial charge is 0.493 e. The summed E-state index contributed by atoms with van der Waals surface area (Å²) < 4.78 is 22.0. The number of ether oxygens (including phenoxy) is 4. The van der Waals surface area contributed by atoms with Crippen molar-refractivity contribution in [3.63, 3.8) is 0 Å². The molecular weight excluding hydrogens is 468 g/mol. The minimum Gasteiger partial charge on any atom is -0.493 e. The lowest BCUT2D eigenvalue weighted by Gasteiger charge is -2.12. The van der Waals surface area contributed by atoms with Gasteiger partial charge in [-0.2, -0.15) is 0 Å². The molecule has 0 saturated carbocycles. The Morgan fingerprint density at radius 2 is 1.54 bits per heavy atom. The van der Waals surface area contributed by atoms with E-state index in [4.69, 9.17) is 18.9 Å². The van der Waals surface area contributed by atoms with Crippen molar-refractivity contribution in [3.05, 3.63) is 64.7 Å². The van der Waals surface area contributed by atoms with E-state index in [0.29, 0.717) is 37.6 Å². The molecule has 0 aliphatic heterocycles. The number of carbonyl (C=O) groups is 2. The van der Waals surface area contributed by atoms with E-state index in [9.17, 15) is 9.59 Å². The van der Waals surface area contributed by atoms with Crippen LogP contribution in [0.4, 0.5) is 0 Å². The van der Waals surface area contributed by atoms with Gasteiger partial charge in [0.25, 0.3) is 0 Å². The molecule has 0 aromatic heterocycles. The molecule has 3 rings (SSSR count). The van der Waals surface area contributed by atoms with Crippen molar-refractivity contribution in [2.45, 2.75) is 59.3 Å². The van der Waals surface area contributed by atoms with Crippen LogP contribution in [0.3, 0.4) is 0 Å². The molecule has 198 valence electrons. The van der Waals surface area contributed by atoms with Crippen LogP contribution in [0.1, 0.15) is 64.0 Å².